The molecular formula is C18H14FNO2. The summed E-state index contributed by atoms with van der Waals surface area (Å²) in [4.78, 5) is 15.8. The van der Waals surface area contributed by atoms with Crippen molar-refractivity contribution < 1.29 is 14.3 Å². The molecule has 0 fully saturated rings. The van der Waals surface area contributed by atoms with Gasteiger partial charge >= 0.3 is 5.97 Å². The van der Waals surface area contributed by atoms with Gasteiger partial charge in [-0.15, -0.1) is 0 Å². The minimum atomic E-state index is -1.09. The SMILES string of the molecule is CCc1ccc(-c2cc(C(=O)O)c3cccc(F)c3n2)cc1. The van der Waals surface area contributed by atoms with Crippen LogP contribution < -0.4 is 0 Å². The van der Waals surface area contributed by atoms with Crippen molar-refractivity contribution >= 4 is 16.9 Å². The molecule has 0 atom stereocenters. The van der Waals surface area contributed by atoms with Crippen molar-refractivity contribution in [3.8, 4) is 11.3 Å². The minimum Gasteiger partial charge on any atom is -0.478 e. The second-order valence-corrected chi connectivity index (χ2v) is 5.05. The third-order valence-corrected chi connectivity index (χ3v) is 3.68. The molecule has 0 unspecified atom stereocenters. The second-order valence-electron chi connectivity index (χ2n) is 5.05. The lowest BCUT2D eigenvalue weighted by molar-refractivity contribution is 0.0699. The highest BCUT2D eigenvalue weighted by Crippen LogP contribution is 2.26. The monoisotopic (exact) mass is 295 g/mol. The molecule has 0 amide bonds. The Balaban J connectivity index is 2.25. The molecule has 3 nitrogen and oxygen atoms in total. The fraction of sp³-hybridized carbons (Fsp3) is 0.111. The molecular weight excluding hydrogens is 281 g/mol. The number of benzene rings is 2. The largest absolute Gasteiger partial charge is 0.478 e. The molecule has 3 rings (SSSR count). The zero-order valence-electron chi connectivity index (χ0n) is 12.0. The first kappa shape index (κ1) is 14.2. The van der Waals surface area contributed by atoms with Gasteiger partial charge in [0.1, 0.15) is 11.3 Å². The first-order chi connectivity index (χ1) is 10.6. The lowest BCUT2D eigenvalue weighted by Gasteiger charge is -2.08. The minimum absolute atomic E-state index is 0.0547. The first-order valence-corrected chi connectivity index (χ1v) is 7.02. The van der Waals surface area contributed by atoms with Gasteiger partial charge in [0.05, 0.1) is 11.3 Å². The zero-order valence-corrected chi connectivity index (χ0v) is 12.0. The van der Waals surface area contributed by atoms with Gasteiger partial charge in [-0.05, 0) is 24.1 Å². The number of hydrogen-bond acceptors (Lipinski definition) is 2. The summed E-state index contributed by atoms with van der Waals surface area (Å²) in [6.07, 6.45) is 0.917. The number of halogens is 1. The molecule has 0 bridgehead atoms. The second kappa shape index (κ2) is 5.56. The van der Waals surface area contributed by atoms with Crippen LogP contribution in [0.25, 0.3) is 22.2 Å². The van der Waals surface area contributed by atoms with Crippen LogP contribution in [0.5, 0.6) is 0 Å². The van der Waals surface area contributed by atoms with Crippen molar-refractivity contribution in [2.45, 2.75) is 13.3 Å². The number of fused-ring (bicyclic) bond motifs is 1. The summed E-state index contributed by atoms with van der Waals surface area (Å²) in [5.41, 5.74) is 2.53. The number of pyridine rings is 1. The fourth-order valence-corrected chi connectivity index (χ4v) is 2.45. The van der Waals surface area contributed by atoms with Gasteiger partial charge in [0.2, 0.25) is 0 Å². The highest BCUT2D eigenvalue weighted by Gasteiger charge is 2.15. The third-order valence-electron chi connectivity index (χ3n) is 3.68. The standard InChI is InChI=1S/C18H14FNO2/c1-2-11-6-8-12(9-7-11)16-10-14(18(21)22)13-4-3-5-15(19)17(13)20-16/h3-10H,2H2,1H3,(H,21,22). The van der Waals surface area contributed by atoms with E-state index in [4.69, 9.17) is 0 Å². The van der Waals surface area contributed by atoms with Crippen LogP contribution in [0.15, 0.2) is 48.5 Å². The first-order valence-electron chi connectivity index (χ1n) is 7.02. The number of hydrogen-bond donors (Lipinski definition) is 1. The van der Waals surface area contributed by atoms with E-state index in [1.165, 1.54) is 23.8 Å². The van der Waals surface area contributed by atoms with Gasteiger partial charge in [-0.25, -0.2) is 14.2 Å². The number of aryl methyl sites for hydroxylation is 1. The van der Waals surface area contributed by atoms with E-state index in [-0.39, 0.29) is 11.1 Å². The quantitative estimate of drug-likeness (QED) is 0.783. The molecule has 2 aromatic carbocycles. The molecule has 0 saturated heterocycles. The van der Waals surface area contributed by atoms with Gasteiger partial charge in [0, 0.05) is 10.9 Å². The molecule has 1 heterocycles. The lowest BCUT2D eigenvalue weighted by Crippen LogP contribution is -2.01. The third kappa shape index (κ3) is 2.44. The Morgan fingerprint density at radius 3 is 2.55 bits per heavy atom. The Hall–Kier alpha value is -2.75. The van der Waals surface area contributed by atoms with E-state index in [0.717, 1.165) is 12.0 Å². The molecule has 0 aliphatic carbocycles. The Labute approximate surface area is 127 Å². The van der Waals surface area contributed by atoms with Crippen molar-refractivity contribution in [2.75, 3.05) is 0 Å². The Morgan fingerprint density at radius 1 is 1.18 bits per heavy atom. The van der Waals surface area contributed by atoms with E-state index >= 15 is 0 Å². The van der Waals surface area contributed by atoms with Crippen molar-refractivity contribution in [1.29, 1.82) is 0 Å². The zero-order chi connectivity index (χ0) is 15.7. The molecule has 3 aromatic rings. The maximum atomic E-state index is 14.0. The van der Waals surface area contributed by atoms with Crippen LogP contribution in [0.1, 0.15) is 22.8 Å². The Bertz CT molecular complexity index is 857. The van der Waals surface area contributed by atoms with Gasteiger partial charge in [-0.2, -0.15) is 0 Å². The van der Waals surface area contributed by atoms with Crippen LogP contribution >= 0.6 is 0 Å². The lowest BCUT2D eigenvalue weighted by atomic mass is 10.0. The van der Waals surface area contributed by atoms with E-state index in [2.05, 4.69) is 11.9 Å². The van der Waals surface area contributed by atoms with Gasteiger partial charge in [-0.3, -0.25) is 0 Å². The van der Waals surface area contributed by atoms with E-state index in [1.54, 1.807) is 6.07 Å². The van der Waals surface area contributed by atoms with Gasteiger partial charge in [0.15, 0.2) is 0 Å². The van der Waals surface area contributed by atoms with Crippen LogP contribution in [0.3, 0.4) is 0 Å². The van der Waals surface area contributed by atoms with E-state index in [9.17, 15) is 14.3 Å². The van der Waals surface area contributed by atoms with Crippen LogP contribution in [-0.4, -0.2) is 16.1 Å². The van der Waals surface area contributed by atoms with Gasteiger partial charge in [0.25, 0.3) is 0 Å². The summed E-state index contributed by atoms with van der Waals surface area (Å²) in [6.45, 7) is 2.06. The van der Waals surface area contributed by atoms with E-state index in [1.807, 2.05) is 24.3 Å². The predicted molar refractivity (Wildman–Crippen MR) is 83.5 cm³/mol. The molecule has 4 heteroatoms. The topological polar surface area (TPSA) is 50.2 Å². The van der Waals surface area contributed by atoms with Crippen LogP contribution in [-0.2, 0) is 6.42 Å². The molecule has 0 saturated carbocycles. The highest BCUT2D eigenvalue weighted by molar-refractivity contribution is 6.03. The number of aromatic nitrogens is 1. The summed E-state index contributed by atoms with van der Waals surface area (Å²) in [5.74, 6) is -1.61. The van der Waals surface area contributed by atoms with Crippen molar-refractivity contribution in [3.05, 3.63) is 65.5 Å². The van der Waals surface area contributed by atoms with Crippen molar-refractivity contribution in [3.63, 3.8) is 0 Å². The van der Waals surface area contributed by atoms with Gasteiger partial charge < -0.3 is 5.11 Å². The molecule has 0 aliphatic heterocycles. The molecule has 1 aromatic heterocycles. The number of para-hydroxylation sites is 1. The molecule has 0 radical (unpaired) electrons. The van der Waals surface area contributed by atoms with Crippen molar-refractivity contribution in [2.24, 2.45) is 0 Å². The maximum absolute atomic E-state index is 14.0. The average Bonchev–Trinajstić information content (AvgIpc) is 2.54. The molecule has 1 N–H and O–H groups in total. The van der Waals surface area contributed by atoms with E-state index in [0.29, 0.717) is 11.1 Å². The number of nitrogens with zero attached hydrogens (tertiary/aromatic N) is 1. The summed E-state index contributed by atoms with van der Waals surface area (Å²) in [5, 5.41) is 9.68. The average molecular weight is 295 g/mol. The summed E-state index contributed by atoms with van der Waals surface area (Å²) in [6, 6.07) is 13.5. The molecule has 0 spiro atoms. The molecule has 110 valence electrons. The van der Waals surface area contributed by atoms with Crippen molar-refractivity contribution in [1.82, 2.24) is 4.98 Å². The number of carboxylic acids is 1. The normalized spacial score (nSPS) is 10.8. The summed E-state index contributed by atoms with van der Waals surface area (Å²) < 4.78 is 14.0. The number of carboxylic acid groups (broad SMARTS) is 1. The number of aromatic carboxylic acids is 1. The Morgan fingerprint density at radius 2 is 1.91 bits per heavy atom. The summed E-state index contributed by atoms with van der Waals surface area (Å²) >= 11 is 0. The highest BCUT2D eigenvalue weighted by atomic mass is 19.1. The molecule has 22 heavy (non-hydrogen) atoms. The molecule has 0 aliphatic rings. The van der Waals surface area contributed by atoms with Crippen LogP contribution in [0.4, 0.5) is 4.39 Å². The van der Waals surface area contributed by atoms with E-state index < -0.39 is 11.8 Å². The van der Waals surface area contributed by atoms with Crippen LogP contribution in [0, 0.1) is 5.82 Å². The maximum Gasteiger partial charge on any atom is 0.336 e. The van der Waals surface area contributed by atoms with Crippen LogP contribution in [0.2, 0.25) is 0 Å². The Kier molecular flexibility index (Phi) is 3.59. The summed E-state index contributed by atoms with van der Waals surface area (Å²) in [7, 11) is 0. The predicted octanol–water partition coefficient (Wildman–Crippen LogP) is 4.30. The number of carbonyl (C=O) groups is 1. The number of rotatable bonds is 3. The van der Waals surface area contributed by atoms with Gasteiger partial charge in [-0.1, -0.05) is 43.3 Å². The fourth-order valence-electron chi connectivity index (χ4n) is 2.45. The smallest absolute Gasteiger partial charge is 0.336 e.